The summed E-state index contributed by atoms with van der Waals surface area (Å²) in [7, 11) is 0. The molecule has 2 fully saturated rings. The number of carboxylic acid groups (broad SMARTS) is 1. The minimum atomic E-state index is -0.948. The van der Waals surface area contributed by atoms with E-state index in [2.05, 4.69) is 12.2 Å². The lowest BCUT2D eigenvalue weighted by molar-refractivity contribution is -0.145. The SMILES string of the molecule is CC1CCCC(CC(=O)NC(C(=O)O)C2CCCOC2)C1. The third-order valence-corrected chi connectivity index (χ3v) is 4.77. The van der Waals surface area contributed by atoms with Crippen molar-refractivity contribution in [1.82, 2.24) is 5.32 Å². The lowest BCUT2D eigenvalue weighted by Gasteiger charge is -2.30. The number of hydrogen-bond donors (Lipinski definition) is 2. The van der Waals surface area contributed by atoms with Crippen LogP contribution in [0.3, 0.4) is 0 Å². The fourth-order valence-electron chi connectivity index (χ4n) is 3.65. The molecule has 1 saturated carbocycles. The molecule has 1 amide bonds. The van der Waals surface area contributed by atoms with Crippen LogP contribution in [-0.4, -0.2) is 36.2 Å². The molecule has 0 spiro atoms. The number of carboxylic acids is 1. The molecule has 0 aromatic rings. The van der Waals surface area contributed by atoms with E-state index in [1.54, 1.807) is 0 Å². The maximum Gasteiger partial charge on any atom is 0.326 e. The van der Waals surface area contributed by atoms with Crippen molar-refractivity contribution in [1.29, 1.82) is 0 Å². The fraction of sp³-hybridized carbons (Fsp3) is 0.875. The minimum Gasteiger partial charge on any atom is -0.480 e. The summed E-state index contributed by atoms with van der Waals surface area (Å²) in [6.07, 6.45) is 6.72. The highest BCUT2D eigenvalue weighted by Crippen LogP contribution is 2.30. The topological polar surface area (TPSA) is 75.6 Å². The zero-order valence-corrected chi connectivity index (χ0v) is 12.8. The van der Waals surface area contributed by atoms with Crippen molar-refractivity contribution in [2.75, 3.05) is 13.2 Å². The highest BCUT2D eigenvalue weighted by atomic mass is 16.5. The molecule has 2 aliphatic rings. The van der Waals surface area contributed by atoms with Gasteiger partial charge in [-0.2, -0.15) is 0 Å². The third-order valence-electron chi connectivity index (χ3n) is 4.77. The fourth-order valence-corrected chi connectivity index (χ4v) is 3.65. The van der Waals surface area contributed by atoms with E-state index in [-0.39, 0.29) is 11.8 Å². The summed E-state index contributed by atoms with van der Waals surface area (Å²) < 4.78 is 5.34. The number of carbonyl (C=O) groups is 2. The van der Waals surface area contributed by atoms with Gasteiger partial charge in [-0.1, -0.05) is 19.8 Å². The van der Waals surface area contributed by atoms with Crippen molar-refractivity contribution in [2.24, 2.45) is 17.8 Å². The molecule has 5 heteroatoms. The highest BCUT2D eigenvalue weighted by Gasteiger charge is 2.32. The number of nitrogens with one attached hydrogen (secondary N) is 1. The first-order valence-electron chi connectivity index (χ1n) is 8.16. The lowest BCUT2D eigenvalue weighted by Crippen LogP contribution is -2.48. The van der Waals surface area contributed by atoms with Crippen LogP contribution in [0.15, 0.2) is 0 Å². The van der Waals surface area contributed by atoms with Crippen LogP contribution < -0.4 is 5.32 Å². The van der Waals surface area contributed by atoms with Crippen LogP contribution in [0.25, 0.3) is 0 Å². The van der Waals surface area contributed by atoms with Crippen molar-refractivity contribution < 1.29 is 19.4 Å². The van der Waals surface area contributed by atoms with Gasteiger partial charge >= 0.3 is 5.97 Å². The van der Waals surface area contributed by atoms with Gasteiger partial charge in [0.25, 0.3) is 0 Å². The Hall–Kier alpha value is -1.10. The summed E-state index contributed by atoms with van der Waals surface area (Å²) in [5.74, 6) is -0.0854. The van der Waals surface area contributed by atoms with Crippen LogP contribution in [-0.2, 0) is 14.3 Å². The smallest absolute Gasteiger partial charge is 0.326 e. The monoisotopic (exact) mass is 297 g/mol. The van der Waals surface area contributed by atoms with Crippen LogP contribution >= 0.6 is 0 Å². The van der Waals surface area contributed by atoms with Crippen LogP contribution in [0.2, 0.25) is 0 Å². The normalized spacial score (nSPS) is 31.4. The predicted octanol–water partition coefficient (Wildman–Crippen LogP) is 2.20. The molecule has 2 rings (SSSR count). The van der Waals surface area contributed by atoms with Crippen LogP contribution in [0.1, 0.15) is 51.9 Å². The number of hydrogen-bond acceptors (Lipinski definition) is 3. The summed E-state index contributed by atoms with van der Waals surface area (Å²) in [5, 5.41) is 12.1. The van der Waals surface area contributed by atoms with Gasteiger partial charge in [0.05, 0.1) is 6.61 Å². The van der Waals surface area contributed by atoms with E-state index in [1.165, 1.54) is 12.8 Å². The number of ether oxygens (including phenoxy) is 1. The molecule has 2 N–H and O–H groups in total. The quantitative estimate of drug-likeness (QED) is 0.815. The molecule has 1 heterocycles. The van der Waals surface area contributed by atoms with E-state index in [0.29, 0.717) is 31.5 Å². The van der Waals surface area contributed by atoms with Gasteiger partial charge in [-0.3, -0.25) is 4.79 Å². The van der Waals surface area contributed by atoms with Crippen LogP contribution in [0.5, 0.6) is 0 Å². The second-order valence-electron chi connectivity index (χ2n) is 6.70. The Morgan fingerprint density at radius 3 is 2.71 bits per heavy atom. The van der Waals surface area contributed by atoms with E-state index in [9.17, 15) is 14.7 Å². The van der Waals surface area contributed by atoms with Crippen molar-refractivity contribution in [3.63, 3.8) is 0 Å². The Morgan fingerprint density at radius 2 is 2.10 bits per heavy atom. The van der Waals surface area contributed by atoms with Gasteiger partial charge in [0, 0.05) is 18.9 Å². The Kier molecular flexibility index (Phi) is 6.03. The molecule has 5 nitrogen and oxygen atoms in total. The summed E-state index contributed by atoms with van der Waals surface area (Å²) in [6, 6.07) is -0.807. The summed E-state index contributed by atoms with van der Waals surface area (Å²) in [4.78, 5) is 23.6. The van der Waals surface area contributed by atoms with Crippen molar-refractivity contribution in [3.05, 3.63) is 0 Å². The molecule has 0 aromatic heterocycles. The molecule has 4 atom stereocenters. The van der Waals surface area contributed by atoms with Crippen molar-refractivity contribution >= 4 is 11.9 Å². The summed E-state index contributed by atoms with van der Waals surface area (Å²) in [5.41, 5.74) is 0. The average molecular weight is 297 g/mol. The third kappa shape index (κ3) is 4.99. The zero-order chi connectivity index (χ0) is 15.2. The molecular formula is C16H27NO4. The first kappa shape index (κ1) is 16.3. The first-order valence-corrected chi connectivity index (χ1v) is 8.16. The number of aliphatic carboxylic acids is 1. The first-order chi connectivity index (χ1) is 10.1. The second kappa shape index (κ2) is 7.78. The van der Waals surface area contributed by atoms with Gasteiger partial charge in [0.2, 0.25) is 5.91 Å². The number of carbonyl (C=O) groups excluding carboxylic acids is 1. The van der Waals surface area contributed by atoms with Gasteiger partial charge in [-0.15, -0.1) is 0 Å². The molecule has 0 bridgehead atoms. The molecule has 21 heavy (non-hydrogen) atoms. The standard InChI is InChI=1S/C16H27NO4/c1-11-4-2-5-12(8-11)9-14(18)17-15(16(19)20)13-6-3-7-21-10-13/h11-13,15H,2-10H2,1H3,(H,17,18)(H,19,20). The minimum absolute atomic E-state index is 0.106. The second-order valence-corrected chi connectivity index (χ2v) is 6.70. The molecule has 0 aromatic carbocycles. The molecule has 4 unspecified atom stereocenters. The van der Waals surface area contributed by atoms with E-state index in [4.69, 9.17) is 4.74 Å². The maximum absolute atomic E-state index is 12.2. The van der Waals surface area contributed by atoms with Crippen molar-refractivity contribution in [2.45, 2.75) is 57.9 Å². The number of amides is 1. The van der Waals surface area contributed by atoms with E-state index in [0.717, 1.165) is 25.7 Å². The predicted molar refractivity (Wildman–Crippen MR) is 78.8 cm³/mol. The molecule has 120 valence electrons. The molecule has 1 saturated heterocycles. The lowest BCUT2D eigenvalue weighted by atomic mass is 9.80. The van der Waals surface area contributed by atoms with Crippen molar-refractivity contribution in [3.8, 4) is 0 Å². The van der Waals surface area contributed by atoms with Gasteiger partial charge in [-0.05, 0) is 37.5 Å². The Morgan fingerprint density at radius 1 is 1.29 bits per heavy atom. The maximum atomic E-state index is 12.2. The Bertz CT molecular complexity index is 365. The van der Waals surface area contributed by atoms with Crippen LogP contribution in [0.4, 0.5) is 0 Å². The van der Waals surface area contributed by atoms with E-state index >= 15 is 0 Å². The number of rotatable bonds is 5. The molecule has 1 aliphatic carbocycles. The van der Waals surface area contributed by atoms with Gasteiger partial charge in [0.15, 0.2) is 0 Å². The zero-order valence-electron chi connectivity index (χ0n) is 12.8. The van der Waals surface area contributed by atoms with Gasteiger partial charge < -0.3 is 15.2 Å². The molecular weight excluding hydrogens is 270 g/mol. The van der Waals surface area contributed by atoms with Crippen LogP contribution in [0, 0.1) is 17.8 Å². The average Bonchev–Trinajstić information content (AvgIpc) is 2.45. The molecule has 0 radical (unpaired) electrons. The Balaban J connectivity index is 1.84. The highest BCUT2D eigenvalue weighted by molar-refractivity contribution is 5.83. The van der Waals surface area contributed by atoms with E-state index in [1.807, 2.05) is 0 Å². The van der Waals surface area contributed by atoms with E-state index < -0.39 is 12.0 Å². The largest absolute Gasteiger partial charge is 0.480 e. The summed E-state index contributed by atoms with van der Waals surface area (Å²) in [6.45, 7) is 3.35. The summed E-state index contributed by atoms with van der Waals surface area (Å²) >= 11 is 0. The van der Waals surface area contributed by atoms with Gasteiger partial charge in [0.1, 0.15) is 6.04 Å². The molecule has 1 aliphatic heterocycles. The Labute approximate surface area is 126 Å². The van der Waals surface area contributed by atoms with Gasteiger partial charge in [-0.25, -0.2) is 4.79 Å².